The second-order valence-corrected chi connectivity index (χ2v) is 6.25. The van der Waals surface area contributed by atoms with Crippen molar-refractivity contribution in [2.45, 2.75) is 44.4 Å². The molecule has 0 aliphatic carbocycles. The van der Waals surface area contributed by atoms with Crippen LogP contribution in [0, 0.1) is 11.3 Å². The van der Waals surface area contributed by atoms with Crippen LogP contribution in [-0.2, 0) is 16.0 Å². The Morgan fingerprint density at radius 1 is 1.18 bits per heavy atom. The predicted octanol–water partition coefficient (Wildman–Crippen LogP) is 2.72. The van der Waals surface area contributed by atoms with Gasteiger partial charge in [-0.15, -0.1) is 0 Å². The van der Waals surface area contributed by atoms with Gasteiger partial charge in [0, 0.05) is 26.2 Å². The SMILES string of the molecule is N#Cc1ccc(CN2CCC(OC[C@H]3CCCO3)CC2)cc1. The lowest BCUT2D eigenvalue weighted by Gasteiger charge is -2.32. The summed E-state index contributed by atoms with van der Waals surface area (Å²) in [6.45, 7) is 4.79. The topological polar surface area (TPSA) is 45.5 Å². The number of hydrogen-bond acceptors (Lipinski definition) is 4. The molecule has 0 N–H and O–H groups in total. The Hall–Kier alpha value is -1.41. The standard InChI is InChI=1S/C18H24N2O2/c19-12-15-3-5-16(6-4-15)13-20-9-7-17(8-10-20)22-14-18-2-1-11-21-18/h3-6,17-18H,1-2,7-11,13-14H2/t18-/m1/s1. The smallest absolute Gasteiger partial charge is 0.0991 e. The Labute approximate surface area is 132 Å². The normalized spacial score (nSPS) is 23.5. The van der Waals surface area contributed by atoms with Gasteiger partial charge < -0.3 is 9.47 Å². The summed E-state index contributed by atoms with van der Waals surface area (Å²) in [6, 6.07) is 10.1. The van der Waals surface area contributed by atoms with Crippen LogP contribution in [0.1, 0.15) is 36.8 Å². The first-order valence-corrected chi connectivity index (χ1v) is 8.28. The van der Waals surface area contributed by atoms with E-state index in [0.717, 1.165) is 57.7 Å². The van der Waals surface area contributed by atoms with Crippen LogP contribution in [0.3, 0.4) is 0 Å². The van der Waals surface area contributed by atoms with E-state index in [0.29, 0.717) is 12.2 Å². The Morgan fingerprint density at radius 2 is 1.95 bits per heavy atom. The van der Waals surface area contributed by atoms with E-state index in [1.54, 1.807) is 0 Å². The molecule has 3 rings (SSSR count). The maximum absolute atomic E-state index is 8.82. The van der Waals surface area contributed by atoms with Gasteiger partial charge in [0.05, 0.1) is 30.4 Å². The molecule has 0 spiro atoms. The van der Waals surface area contributed by atoms with Gasteiger partial charge in [0.25, 0.3) is 0 Å². The van der Waals surface area contributed by atoms with E-state index in [9.17, 15) is 0 Å². The summed E-state index contributed by atoms with van der Waals surface area (Å²) in [7, 11) is 0. The lowest BCUT2D eigenvalue weighted by atomic mass is 10.1. The number of nitrogens with zero attached hydrogens (tertiary/aromatic N) is 2. The fourth-order valence-electron chi connectivity index (χ4n) is 3.20. The molecule has 22 heavy (non-hydrogen) atoms. The minimum atomic E-state index is 0.330. The molecule has 4 nitrogen and oxygen atoms in total. The highest BCUT2D eigenvalue weighted by molar-refractivity contribution is 5.31. The number of ether oxygens (including phenoxy) is 2. The zero-order chi connectivity index (χ0) is 15.2. The molecule has 1 aromatic rings. The number of likely N-dealkylation sites (tertiary alicyclic amines) is 1. The molecule has 1 atom stereocenters. The van der Waals surface area contributed by atoms with E-state index < -0.39 is 0 Å². The quantitative estimate of drug-likeness (QED) is 0.839. The molecule has 0 unspecified atom stereocenters. The van der Waals surface area contributed by atoms with E-state index >= 15 is 0 Å². The van der Waals surface area contributed by atoms with Crippen molar-refractivity contribution < 1.29 is 9.47 Å². The lowest BCUT2D eigenvalue weighted by molar-refractivity contribution is -0.0426. The van der Waals surface area contributed by atoms with Gasteiger partial charge in [0.2, 0.25) is 0 Å². The van der Waals surface area contributed by atoms with Gasteiger partial charge >= 0.3 is 0 Å². The highest BCUT2D eigenvalue weighted by Gasteiger charge is 2.22. The zero-order valence-corrected chi connectivity index (χ0v) is 13.0. The van der Waals surface area contributed by atoms with E-state index in [4.69, 9.17) is 14.7 Å². The largest absolute Gasteiger partial charge is 0.376 e. The number of piperidine rings is 1. The molecule has 1 aromatic carbocycles. The van der Waals surface area contributed by atoms with Crippen LogP contribution in [0.5, 0.6) is 0 Å². The molecule has 2 aliphatic heterocycles. The van der Waals surface area contributed by atoms with Crippen LogP contribution in [0.4, 0.5) is 0 Å². The van der Waals surface area contributed by atoms with Crippen LogP contribution >= 0.6 is 0 Å². The summed E-state index contributed by atoms with van der Waals surface area (Å²) in [4.78, 5) is 2.47. The van der Waals surface area contributed by atoms with Crippen molar-refractivity contribution >= 4 is 0 Å². The van der Waals surface area contributed by atoms with Gasteiger partial charge in [-0.3, -0.25) is 4.90 Å². The minimum Gasteiger partial charge on any atom is -0.376 e. The predicted molar refractivity (Wildman–Crippen MR) is 84.4 cm³/mol. The van der Waals surface area contributed by atoms with Crippen LogP contribution in [0.15, 0.2) is 24.3 Å². The van der Waals surface area contributed by atoms with Gasteiger partial charge in [0.1, 0.15) is 0 Å². The van der Waals surface area contributed by atoms with Gasteiger partial charge in [-0.25, -0.2) is 0 Å². The molecule has 0 saturated carbocycles. The van der Waals surface area contributed by atoms with Gasteiger partial charge in [-0.1, -0.05) is 12.1 Å². The highest BCUT2D eigenvalue weighted by Crippen LogP contribution is 2.19. The molecule has 0 radical (unpaired) electrons. The number of hydrogen-bond donors (Lipinski definition) is 0. The summed E-state index contributed by atoms with van der Waals surface area (Å²) in [5, 5.41) is 8.82. The molecule has 118 valence electrons. The Kier molecular flexibility index (Phi) is 5.44. The van der Waals surface area contributed by atoms with E-state index in [2.05, 4.69) is 23.1 Å². The average Bonchev–Trinajstić information content (AvgIpc) is 3.08. The van der Waals surface area contributed by atoms with Crippen molar-refractivity contribution in [1.82, 2.24) is 4.90 Å². The van der Waals surface area contributed by atoms with Crippen molar-refractivity contribution in [3.8, 4) is 6.07 Å². The Bertz CT molecular complexity index is 495. The van der Waals surface area contributed by atoms with Crippen molar-refractivity contribution in [2.75, 3.05) is 26.3 Å². The summed E-state index contributed by atoms with van der Waals surface area (Å²) in [5.74, 6) is 0. The van der Waals surface area contributed by atoms with E-state index in [-0.39, 0.29) is 0 Å². The summed E-state index contributed by atoms with van der Waals surface area (Å²) in [6.07, 6.45) is 5.25. The second-order valence-electron chi connectivity index (χ2n) is 6.25. The number of benzene rings is 1. The van der Waals surface area contributed by atoms with Crippen molar-refractivity contribution in [3.05, 3.63) is 35.4 Å². The molecular weight excluding hydrogens is 276 g/mol. The maximum atomic E-state index is 8.82. The van der Waals surface area contributed by atoms with Gasteiger partial charge in [-0.05, 0) is 43.4 Å². The van der Waals surface area contributed by atoms with Crippen LogP contribution in [-0.4, -0.2) is 43.4 Å². The summed E-state index contributed by atoms with van der Waals surface area (Å²) < 4.78 is 11.6. The third-order valence-corrected chi connectivity index (χ3v) is 4.57. The van der Waals surface area contributed by atoms with E-state index in [1.165, 1.54) is 12.0 Å². The molecule has 0 bridgehead atoms. The maximum Gasteiger partial charge on any atom is 0.0991 e. The first-order valence-electron chi connectivity index (χ1n) is 8.28. The molecule has 2 saturated heterocycles. The van der Waals surface area contributed by atoms with Crippen LogP contribution in [0.25, 0.3) is 0 Å². The van der Waals surface area contributed by atoms with Crippen molar-refractivity contribution in [3.63, 3.8) is 0 Å². The Morgan fingerprint density at radius 3 is 2.59 bits per heavy atom. The lowest BCUT2D eigenvalue weighted by Crippen LogP contribution is -2.37. The molecule has 2 aliphatic rings. The fourth-order valence-corrected chi connectivity index (χ4v) is 3.20. The number of rotatable bonds is 5. The van der Waals surface area contributed by atoms with Gasteiger partial charge in [-0.2, -0.15) is 5.26 Å². The highest BCUT2D eigenvalue weighted by atomic mass is 16.5. The summed E-state index contributed by atoms with van der Waals surface area (Å²) in [5.41, 5.74) is 2.00. The summed E-state index contributed by atoms with van der Waals surface area (Å²) >= 11 is 0. The molecule has 0 aromatic heterocycles. The third kappa shape index (κ3) is 4.30. The molecule has 2 fully saturated rings. The first kappa shape index (κ1) is 15.5. The molecule has 4 heteroatoms. The molecular formula is C18H24N2O2. The molecule has 0 amide bonds. The monoisotopic (exact) mass is 300 g/mol. The third-order valence-electron chi connectivity index (χ3n) is 4.57. The van der Waals surface area contributed by atoms with E-state index in [1.807, 2.05) is 12.1 Å². The van der Waals surface area contributed by atoms with Gasteiger partial charge in [0.15, 0.2) is 0 Å². The zero-order valence-electron chi connectivity index (χ0n) is 13.0. The van der Waals surface area contributed by atoms with Crippen molar-refractivity contribution in [1.29, 1.82) is 5.26 Å². The fraction of sp³-hybridized carbons (Fsp3) is 0.611. The van der Waals surface area contributed by atoms with Crippen molar-refractivity contribution in [2.24, 2.45) is 0 Å². The minimum absolute atomic E-state index is 0.330. The van der Waals surface area contributed by atoms with Crippen LogP contribution < -0.4 is 0 Å². The number of nitriles is 1. The average molecular weight is 300 g/mol. The Balaban J connectivity index is 1.38. The first-order chi connectivity index (χ1) is 10.8. The second kappa shape index (κ2) is 7.73. The molecule has 2 heterocycles. The van der Waals surface area contributed by atoms with Crippen LogP contribution in [0.2, 0.25) is 0 Å².